The van der Waals surface area contributed by atoms with Crippen LogP contribution < -0.4 is 0 Å². The zero-order chi connectivity index (χ0) is 22.7. The molecule has 0 radical (unpaired) electrons. The number of carbonyl (C=O) groups excluding carboxylic acids is 3. The summed E-state index contributed by atoms with van der Waals surface area (Å²) in [6.07, 6.45) is 3.06. The number of hydrogen-bond donors (Lipinski definition) is 0. The lowest BCUT2D eigenvalue weighted by Crippen LogP contribution is -2.51. The molecule has 3 aromatic heterocycles. The molecule has 0 aromatic carbocycles. The number of hydrogen-bond acceptors (Lipinski definition) is 6. The third-order valence-electron chi connectivity index (χ3n) is 5.67. The van der Waals surface area contributed by atoms with Crippen LogP contribution in [0.3, 0.4) is 0 Å². The number of amides is 2. The number of carbonyl (C=O) groups is 3. The SMILES string of the molecule is Cc1cc(C(=O)OCC(=O)N2CCN(C(=O)c3ccco3)CC2)c(C)n1Cc1ccco1. The van der Waals surface area contributed by atoms with E-state index in [1.54, 1.807) is 34.3 Å². The van der Waals surface area contributed by atoms with E-state index in [1.165, 1.54) is 6.26 Å². The molecule has 1 saturated heterocycles. The van der Waals surface area contributed by atoms with E-state index in [4.69, 9.17) is 13.6 Å². The monoisotopic (exact) mass is 439 g/mol. The molecule has 0 aliphatic carbocycles. The number of ether oxygens (including phenoxy) is 1. The van der Waals surface area contributed by atoms with Gasteiger partial charge in [-0.15, -0.1) is 0 Å². The molecule has 0 saturated carbocycles. The quantitative estimate of drug-likeness (QED) is 0.548. The second kappa shape index (κ2) is 9.17. The molecule has 9 nitrogen and oxygen atoms in total. The van der Waals surface area contributed by atoms with Crippen molar-refractivity contribution < 1.29 is 28.0 Å². The molecule has 168 valence electrons. The molecule has 1 aliphatic heterocycles. The van der Waals surface area contributed by atoms with Crippen LogP contribution in [-0.4, -0.2) is 64.9 Å². The highest BCUT2D eigenvalue weighted by Crippen LogP contribution is 2.18. The highest BCUT2D eigenvalue weighted by atomic mass is 16.5. The van der Waals surface area contributed by atoms with Crippen LogP contribution in [0.5, 0.6) is 0 Å². The summed E-state index contributed by atoms with van der Waals surface area (Å²) < 4.78 is 17.8. The van der Waals surface area contributed by atoms with E-state index in [0.717, 1.165) is 17.1 Å². The van der Waals surface area contributed by atoms with Gasteiger partial charge in [-0.05, 0) is 44.2 Å². The summed E-state index contributed by atoms with van der Waals surface area (Å²) in [6, 6.07) is 8.72. The highest BCUT2D eigenvalue weighted by Gasteiger charge is 2.27. The molecule has 0 bridgehead atoms. The third-order valence-corrected chi connectivity index (χ3v) is 5.67. The second-order valence-electron chi connectivity index (χ2n) is 7.68. The second-order valence-corrected chi connectivity index (χ2v) is 7.68. The normalized spacial score (nSPS) is 13.9. The predicted molar refractivity (Wildman–Crippen MR) is 113 cm³/mol. The lowest BCUT2D eigenvalue weighted by molar-refractivity contribution is -0.136. The van der Waals surface area contributed by atoms with E-state index < -0.39 is 5.97 Å². The highest BCUT2D eigenvalue weighted by molar-refractivity contribution is 5.93. The van der Waals surface area contributed by atoms with Crippen LogP contribution in [0.2, 0.25) is 0 Å². The Morgan fingerprint density at radius 2 is 1.66 bits per heavy atom. The van der Waals surface area contributed by atoms with Crippen LogP contribution in [0.4, 0.5) is 0 Å². The molecular formula is C23H25N3O6. The molecule has 0 spiro atoms. The number of nitrogens with zero attached hydrogens (tertiary/aromatic N) is 3. The van der Waals surface area contributed by atoms with Gasteiger partial charge in [-0.25, -0.2) is 4.79 Å². The zero-order valence-electron chi connectivity index (χ0n) is 18.1. The largest absolute Gasteiger partial charge is 0.467 e. The Kier molecular flexibility index (Phi) is 6.16. The van der Waals surface area contributed by atoms with Gasteiger partial charge in [-0.2, -0.15) is 0 Å². The first-order valence-electron chi connectivity index (χ1n) is 10.4. The molecule has 0 N–H and O–H groups in total. The summed E-state index contributed by atoms with van der Waals surface area (Å²) in [5.41, 5.74) is 2.08. The standard InChI is InChI=1S/C23H25N3O6/c1-16-13-19(17(2)26(16)14-18-5-3-11-30-18)23(29)32-15-21(27)24-7-9-25(10-8-24)22(28)20-6-4-12-31-20/h3-6,11-13H,7-10,14-15H2,1-2H3. The fourth-order valence-corrected chi connectivity index (χ4v) is 3.82. The number of aryl methyl sites for hydroxylation is 1. The first-order valence-corrected chi connectivity index (χ1v) is 10.4. The van der Waals surface area contributed by atoms with E-state index in [2.05, 4.69) is 0 Å². The van der Waals surface area contributed by atoms with Gasteiger partial charge in [-0.1, -0.05) is 0 Å². The summed E-state index contributed by atoms with van der Waals surface area (Å²) in [6.45, 7) is 5.46. The van der Waals surface area contributed by atoms with Crippen LogP contribution in [0.15, 0.2) is 51.7 Å². The number of aromatic nitrogens is 1. The van der Waals surface area contributed by atoms with Gasteiger partial charge >= 0.3 is 5.97 Å². The van der Waals surface area contributed by atoms with Crippen molar-refractivity contribution in [1.29, 1.82) is 0 Å². The maximum absolute atomic E-state index is 12.6. The Hall–Kier alpha value is -3.75. The van der Waals surface area contributed by atoms with Crippen molar-refractivity contribution in [3.05, 3.63) is 71.3 Å². The van der Waals surface area contributed by atoms with Crippen molar-refractivity contribution in [1.82, 2.24) is 14.4 Å². The van der Waals surface area contributed by atoms with Crippen molar-refractivity contribution in [3.8, 4) is 0 Å². The Balaban J connectivity index is 1.29. The van der Waals surface area contributed by atoms with Crippen LogP contribution in [0.25, 0.3) is 0 Å². The van der Waals surface area contributed by atoms with Gasteiger partial charge in [0.25, 0.3) is 11.8 Å². The number of rotatable bonds is 6. The van der Waals surface area contributed by atoms with E-state index in [0.29, 0.717) is 38.3 Å². The van der Waals surface area contributed by atoms with Crippen molar-refractivity contribution in [2.45, 2.75) is 20.4 Å². The predicted octanol–water partition coefficient (Wildman–Crippen LogP) is 2.48. The van der Waals surface area contributed by atoms with Crippen LogP contribution in [0.1, 0.15) is 38.1 Å². The van der Waals surface area contributed by atoms with Gasteiger partial charge < -0.3 is 27.9 Å². The topological polar surface area (TPSA) is 98.1 Å². The van der Waals surface area contributed by atoms with Gasteiger partial charge in [0.05, 0.1) is 24.6 Å². The maximum Gasteiger partial charge on any atom is 0.340 e. The Morgan fingerprint density at radius 3 is 2.31 bits per heavy atom. The Morgan fingerprint density at radius 1 is 0.969 bits per heavy atom. The summed E-state index contributed by atoms with van der Waals surface area (Å²) in [4.78, 5) is 40.7. The average molecular weight is 439 g/mol. The maximum atomic E-state index is 12.6. The van der Waals surface area contributed by atoms with Gasteiger partial charge in [0.15, 0.2) is 12.4 Å². The molecule has 1 aliphatic rings. The van der Waals surface area contributed by atoms with Crippen molar-refractivity contribution in [2.75, 3.05) is 32.8 Å². The Bertz CT molecular complexity index is 1090. The average Bonchev–Trinajstić information content (AvgIpc) is 3.56. The number of esters is 1. The van der Waals surface area contributed by atoms with Crippen LogP contribution in [0, 0.1) is 13.8 Å². The zero-order valence-corrected chi connectivity index (χ0v) is 18.1. The first kappa shape index (κ1) is 21.5. The minimum atomic E-state index is -0.538. The Labute approximate surface area is 185 Å². The molecule has 32 heavy (non-hydrogen) atoms. The summed E-state index contributed by atoms with van der Waals surface area (Å²) in [7, 11) is 0. The van der Waals surface area contributed by atoms with Crippen LogP contribution in [-0.2, 0) is 16.1 Å². The minimum absolute atomic E-state index is 0.196. The fraction of sp³-hybridized carbons (Fsp3) is 0.348. The fourth-order valence-electron chi connectivity index (χ4n) is 3.82. The van der Waals surface area contributed by atoms with Gasteiger partial charge in [0, 0.05) is 37.6 Å². The first-order chi connectivity index (χ1) is 15.4. The molecule has 0 atom stereocenters. The van der Waals surface area contributed by atoms with E-state index in [1.807, 2.05) is 30.5 Å². The van der Waals surface area contributed by atoms with Gasteiger partial charge in [0.1, 0.15) is 5.76 Å². The molecule has 0 unspecified atom stereocenters. The van der Waals surface area contributed by atoms with Crippen molar-refractivity contribution >= 4 is 17.8 Å². The smallest absolute Gasteiger partial charge is 0.340 e. The number of furan rings is 2. The molecular weight excluding hydrogens is 414 g/mol. The molecule has 9 heteroatoms. The molecule has 2 amide bonds. The number of piperazine rings is 1. The molecule has 4 rings (SSSR count). The van der Waals surface area contributed by atoms with Crippen molar-refractivity contribution in [3.63, 3.8) is 0 Å². The van der Waals surface area contributed by atoms with E-state index in [-0.39, 0.29) is 24.2 Å². The lowest BCUT2D eigenvalue weighted by atomic mass is 10.2. The van der Waals surface area contributed by atoms with Crippen LogP contribution >= 0.6 is 0 Å². The minimum Gasteiger partial charge on any atom is -0.467 e. The summed E-state index contributed by atoms with van der Waals surface area (Å²) in [5.74, 6) is 0.0463. The summed E-state index contributed by atoms with van der Waals surface area (Å²) >= 11 is 0. The van der Waals surface area contributed by atoms with Crippen molar-refractivity contribution in [2.24, 2.45) is 0 Å². The van der Waals surface area contributed by atoms with Gasteiger partial charge in [0.2, 0.25) is 0 Å². The third kappa shape index (κ3) is 4.46. The molecule has 1 fully saturated rings. The lowest BCUT2D eigenvalue weighted by Gasteiger charge is -2.34. The molecule has 3 aromatic rings. The molecule has 4 heterocycles. The van der Waals surface area contributed by atoms with E-state index in [9.17, 15) is 14.4 Å². The summed E-state index contributed by atoms with van der Waals surface area (Å²) in [5, 5.41) is 0. The van der Waals surface area contributed by atoms with Gasteiger partial charge in [-0.3, -0.25) is 9.59 Å². The van der Waals surface area contributed by atoms with E-state index >= 15 is 0 Å².